The SMILES string of the molecule is CC(=O)Cl.CCOC(=O)COc1ccc(C(C)=O)cc1C.CCOC(=O)COc1ccc(C)cc1C.CCOC(=O)COc1ccccc1C.COC(=O)COc1ccc(O)cc1C.C[O-].O=C(OO)c1cccc(Cl)c1.[Na+]. The van der Waals surface area contributed by atoms with Crippen molar-refractivity contribution in [2.45, 2.75) is 69.2 Å². The third-order valence-corrected chi connectivity index (χ3v) is 9.07. The van der Waals surface area contributed by atoms with Crippen LogP contribution in [0, 0.1) is 34.6 Å². The maximum atomic E-state index is 11.1. The van der Waals surface area contributed by atoms with Gasteiger partial charge in [-0.2, -0.15) is 12.4 Å². The van der Waals surface area contributed by atoms with Gasteiger partial charge in [0, 0.05) is 17.5 Å². The summed E-state index contributed by atoms with van der Waals surface area (Å²) >= 11 is 10.2. The van der Waals surface area contributed by atoms with Crippen molar-refractivity contribution in [1.29, 1.82) is 0 Å². The minimum atomic E-state index is -0.813. The molecule has 19 nitrogen and oxygen atoms in total. The van der Waals surface area contributed by atoms with Gasteiger partial charge >= 0.3 is 59.4 Å². The van der Waals surface area contributed by atoms with E-state index >= 15 is 0 Å². The average molecular weight is 1140 g/mol. The monoisotopic (exact) mass is 1140 g/mol. The number of phenols is 1. The van der Waals surface area contributed by atoms with Crippen molar-refractivity contribution in [2.24, 2.45) is 0 Å². The molecule has 0 unspecified atom stereocenters. The maximum Gasteiger partial charge on any atom is 1.00 e. The van der Waals surface area contributed by atoms with Crippen molar-refractivity contribution < 1.29 is 121 Å². The molecule has 0 aromatic heterocycles. The van der Waals surface area contributed by atoms with Crippen LogP contribution in [0.15, 0.2) is 103 Å². The molecule has 0 spiro atoms. The summed E-state index contributed by atoms with van der Waals surface area (Å²) < 4.78 is 39.7. The second kappa shape index (κ2) is 45.3. The number of halogens is 2. The summed E-state index contributed by atoms with van der Waals surface area (Å²) in [5, 5.41) is 25.4. The molecule has 5 aromatic rings. The van der Waals surface area contributed by atoms with Crippen LogP contribution in [-0.2, 0) is 47.8 Å². The molecule has 0 amide bonds. The molecule has 2 N–H and O–H groups in total. The van der Waals surface area contributed by atoms with E-state index in [1.807, 2.05) is 70.2 Å². The molecule has 78 heavy (non-hydrogen) atoms. The van der Waals surface area contributed by atoms with Crippen molar-refractivity contribution >= 4 is 64.1 Å². The zero-order valence-electron chi connectivity index (χ0n) is 46.4. The van der Waals surface area contributed by atoms with Crippen LogP contribution >= 0.6 is 23.2 Å². The number of para-hydroxylation sites is 1. The van der Waals surface area contributed by atoms with Gasteiger partial charge in [-0.05, 0) is 163 Å². The van der Waals surface area contributed by atoms with Gasteiger partial charge in [0.1, 0.15) is 28.7 Å². The number of esters is 4. The minimum absolute atomic E-state index is 0. The summed E-state index contributed by atoms with van der Waals surface area (Å²) in [5.74, 6) is 0.462. The number of aryl methyl sites for hydroxylation is 5. The molecular formula is C56H69Cl2NaO19. The zero-order chi connectivity index (χ0) is 58.9. The number of ether oxygens (including phenoxy) is 8. The van der Waals surface area contributed by atoms with E-state index in [1.54, 1.807) is 70.2 Å². The molecule has 0 aliphatic rings. The second-order valence-corrected chi connectivity index (χ2v) is 16.0. The predicted molar refractivity (Wildman–Crippen MR) is 287 cm³/mol. The molecule has 22 heteroatoms. The smallest absolute Gasteiger partial charge is 0.857 e. The second-order valence-electron chi connectivity index (χ2n) is 15.0. The summed E-state index contributed by atoms with van der Waals surface area (Å²) in [6.07, 6.45) is 0. The molecule has 0 heterocycles. The molecular weight excluding hydrogens is 1070 g/mol. The van der Waals surface area contributed by atoms with Crippen LogP contribution in [0.25, 0.3) is 0 Å². The Kier molecular flexibility index (Phi) is 43.9. The number of rotatable bonds is 17. The Morgan fingerprint density at radius 2 is 0.923 bits per heavy atom. The number of benzene rings is 5. The Morgan fingerprint density at radius 1 is 0.513 bits per heavy atom. The van der Waals surface area contributed by atoms with Crippen LogP contribution in [0.3, 0.4) is 0 Å². The van der Waals surface area contributed by atoms with Gasteiger partial charge in [-0.3, -0.25) is 14.5 Å². The van der Waals surface area contributed by atoms with Crippen molar-refractivity contribution in [1.82, 2.24) is 0 Å². The standard InChI is InChI=1S/C13H16O4.C12H16O3.C11H14O3.C10H12O4.C7H5ClO3.C2H3ClO.CH3O.Na/c1-4-16-13(15)8-17-12-6-5-11(10(3)14)7-9(12)2;1-4-14-12(13)8-15-11-6-5-9(2)7-10(11)3;1-3-13-11(12)8-14-10-7-5-4-6-9(10)2;1-7-5-8(11)3-4-9(7)14-6-10(12)13-2;8-6-3-1-2-5(4-6)7(9)11-10;1-2(3)4;1-2;/h5-7H,4,8H2,1-3H3;5-7H,4,8H2,1-3H3;4-7H,3,8H2,1-2H3;3-5,11H,6H2,1-2H3;1-4,10H;1H3;1H3;/q;;;;;;-1;+1. The largest absolute Gasteiger partial charge is 1.00 e. The number of carbonyl (C=O) groups excluding carboxylic acids is 7. The number of aromatic hydroxyl groups is 1. The molecule has 0 saturated carbocycles. The summed E-state index contributed by atoms with van der Waals surface area (Å²) in [6.45, 7) is 18.4. The number of phenolic OH excluding ortho intramolecular Hbond substituents is 1. The topological polar surface area (TPSA) is 266 Å². The van der Waals surface area contributed by atoms with Gasteiger partial charge in [-0.15, -0.1) is 0 Å². The van der Waals surface area contributed by atoms with E-state index < -0.39 is 17.9 Å². The molecule has 0 saturated heterocycles. The molecule has 5 aromatic carbocycles. The first-order chi connectivity index (χ1) is 36.5. The van der Waals surface area contributed by atoms with E-state index in [1.165, 1.54) is 44.7 Å². The number of Topliss-reactive ketones (excluding diaryl/α,β-unsaturated/α-hetero) is 1. The molecule has 0 atom stereocenters. The van der Waals surface area contributed by atoms with Crippen LogP contribution in [0.4, 0.5) is 0 Å². The van der Waals surface area contributed by atoms with Crippen LogP contribution in [0.1, 0.15) is 83.2 Å². The first-order valence-electron chi connectivity index (χ1n) is 23.3. The van der Waals surface area contributed by atoms with Crippen LogP contribution in [0.2, 0.25) is 5.02 Å². The summed E-state index contributed by atoms with van der Waals surface area (Å²) in [6, 6.07) is 29.3. The van der Waals surface area contributed by atoms with Gasteiger partial charge < -0.3 is 48.1 Å². The fourth-order valence-electron chi connectivity index (χ4n) is 5.39. The number of hydrogen-bond donors (Lipinski definition) is 2. The Hall–Kier alpha value is -6.71. The van der Waals surface area contributed by atoms with Gasteiger partial charge in [0.2, 0.25) is 5.24 Å². The van der Waals surface area contributed by atoms with Crippen molar-refractivity contribution in [2.75, 3.05) is 60.5 Å². The quantitative estimate of drug-likeness (QED) is 0.0197. The summed E-state index contributed by atoms with van der Waals surface area (Å²) in [4.78, 5) is 78.4. The Balaban J connectivity index is -0.000000879. The molecule has 0 aliphatic heterocycles. The molecule has 422 valence electrons. The van der Waals surface area contributed by atoms with Crippen molar-refractivity contribution in [3.05, 3.63) is 147 Å². The molecule has 0 radical (unpaired) electrons. The van der Waals surface area contributed by atoms with E-state index in [2.05, 4.69) is 21.2 Å². The summed E-state index contributed by atoms with van der Waals surface area (Å²) in [5.41, 5.74) is 5.66. The van der Waals surface area contributed by atoms with Crippen LogP contribution < -0.4 is 53.6 Å². The van der Waals surface area contributed by atoms with E-state index in [9.17, 15) is 33.6 Å². The number of carbonyl (C=O) groups is 7. The van der Waals surface area contributed by atoms with Gasteiger partial charge in [-0.25, -0.2) is 24.0 Å². The minimum Gasteiger partial charge on any atom is -0.857 e. The van der Waals surface area contributed by atoms with Crippen molar-refractivity contribution in [3.63, 3.8) is 0 Å². The van der Waals surface area contributed by atoms with Gasteiger partial charge in [0.15, 0.2) is 32.2 Å². The fraction of sp³-hybridized carbons (Fsp3) is 0.339. The summed E-state index contributed by atoms with van der Waals surface area (Å²) in [7, 11) is 2.05. The first kappa shape index (κ1) is 75.5. The third-order valence-electron chi connectivity index (χ3n) is 8.83. The van der Waals surface area contributed by atoms with Gasteiger partial charge in [0.25, 0.3) is 0 Å². The predicted octanol–water partition coefficient (Wildman–Crippen LogP) is 6.30. The average Bonchev–Trinajstić information content (AvgIpc) is 3.38. The molecule has 0 bridgehead atoms. The molecule has 0 fully saturated rings. The van der Waals surface area contributed by atoms with Crippen molar-refractivity contribution in [3.8, 4) is 28.7 Å². The van der Waals surface area contributed by atoms with E-state index in [0.29, 0.717) is 41.9 Å². The van der Waals surface area contributed by atoms with Crippen LogP contribution in [-0.4, -0.2) is 112 Å². The third kappa shape index (κ3) is 36.3. The number of ketones is 1. The van der Waals surface area contributed by atoms with Gasteiger partial charge in [0.05, 0.1) is 32.5 Å². The fourth-order valence-corrected chi connectivity index (χ4v) is 5.58. The normalized spacial score (nSPS) is 9.18. The van der Waals surface area contributed by atoms with Crippen LogP contribution in [0.5, 0.6) is 28.7 Å². The van der Waals surface area contributed by atoms with E-state index in [0.717, 1.165) is 40.9 Å². The Morgan fingerprint density at radius 3 is 1.31 bits per heavy atom. The van der Waals surface area contributed by atoms with Gasteiger partial charge in [-0.1, -0.05) is 53.6 Å². The first-order valence-corrected chi connectivity index (χ1v) is 24.0. The number of methoxy groups -OCH3 is 1. The maximum absolute atomic E-state index is 11.1. The van der Waals surface area contributed by atoms with E-state index in [-0.39, 0.29) is 90.3 Å². The molecule has 5 rings (SSSR count). The Bertz CT molecular complexity index is 2590. The van der Waals surface area contributed by atoms with E-state index in [4.69, 9.17) is 60.2 Å². The zero-order valence-corrected chi connectivity index (χ0v) is 49.9. The Labute approximate surface area is 488 Å². The number of hydrogen-bond acceptors (Lipinski definition) is 19. The molecule has 0 aliphatic carbocycles.